The number of hydrogen-bond acceptors (Lipinski definition) is 6. The van der Waals surface area contributed by atoms with Gasteiger partial charge in [-0.1, -0.05) is 37.2 Å². The van der Waals surface area contributed by atoms with Gasteiger partial charge in [-0.25, -0.2) is 4.98 Å². The minimum atomic E-state index is -0.394. The SMILES string of the molecule is C/C(N)=C(\C#N)C(=O)CSc1nc2cc(Cl)ccc2c(=O)n1CC(C)C. The first-order valence-electron chi connectivity index (χ1n) is 7.97. The van der Waals surface area contributed by atoms with Gasteiger partial charge in [0, 0.05) is 17.3 Å². The minimum absolute atomic E-state index is 0.0337. The molecule has 0 fully saturated rings. The van der Waals surface area contributed by atoms with E-state index in [9.17, 15) is 9.59 Å². The van der Waals surface area contributed by atoms with Gasteiger partial charge in [0.1, 0.15) is 11.6 Å². The van der Waals surface area contributed by atoms with Gasteiger partial charge in [0.05, 0.1) is 16.7 Å². The number of aromatic nitrogens is 2. The van der Waals surface area contributed by atoms with E-state index in [4.69, 9.17) is 22.6 Å². The number of nitriles is 1. The summed E-state index contributed by atoms with van der Waals surface area (Å²) in [4.78, 5) is 29.6. The van der Waals surface area contributed by atoms with E-state index in [2.05, 4.69) is 4.98 Å². The van der Waals surface area contributed by atoms with Gasteiger partial charge in [-0.05, 0) is 31.0 Å². The predicted molar refractivity (Wildman–Crippen MR) is 104 cm³/mol. The highest BCUT2D eigenvalue weighted by atomic mass is 35.5. The van der Waals surface area contributed by atoms with Crippen LogP contribution in [0.15, 0.2) is 39.4 Å². The number of ketones is 1. The van der Waals surface area contributed by atoms with Crippen LogP contribution in [0.3, 0.4) is 0 Å². The summed E-state index contributed by atoms with van der Waals surface area (Å²) >= 11 is 7.12. The second kappa shape index (κ2) is 8.39. The van der Waals surface area contributed by atoms with Crippen LogP contribution in [0.25, 0.3) is 10.9 Å². The number of nitrogens with zero attached hydrogens (tertiary/aromatic N) is 3. The number of thioether (sulfide) groups is 1. The van der Waals surface area contributed by atoms with Crippen molar-refractivity contribution in [3.63, 3.8) is 0 Å². The molecule has 6 nitrogen and oxygen atoms in total. The third-order valence-corrected chi connectivity index (χ3v) is 4.76. The van der Waals surface area contributed by atoms with Gasteiger partial charge in [0.25, 0.3) is 5.56 Å². The zero-order valence-corrected chi connectivity index (χ0v) is 16.3. The molecule has 136 valence electrons. The van der Waals surface area contributed by atoms with Crippen LogP contribution >= 0.6 is 23.4 Å². The summed E-state index contributed by atoms with van der Waals surface area (Å²) < 4.78 is 1.56. The van der Waals surface area contributed by atoms with Crippen molar-refractivity contribution in [3.8, 4) is 6.07 Å². The van der Waals surface area contributed by atoms with Crippen molar-refractivity contribution in [2.45, 2.75) is 32.5 Å². The van der Waals surface area contributed by atoms with Crippen molar-refractivity contribution in [2.75, 3.05) is 5.75 Å². The Hall–Kier alpha value is -2.30. The van der Waals surface area contributed by atoms with Crippen LogP contribution in [0.2, 0.25) is 5.02 Å². The van der Waals surface area contributed by atoms with Crippen molar-refractivity contribution < 1.29 is 4.79 Å². The lowest BCUT2D eigenvalue weighted by atomic mass is 10.2. The van der Waals surface area contributed by atoms with E-state index >= 15 is 0 Å². The third kappa shape index (κ3) is 4.45. The molecule has 0 bridgehead atoms. The number of carbonyl (C=O) groups excluding carboxylic acids is 1. The molecular formula is C18H19ClN4O2S. The topological polar surface area (TPSA) is 102 Å². The Kier molecular flexibility index (Phi) is 6.46. The maximum atomic E-state index is 12.8. The molecule has 0 saturated heterocycles. The lowest BCUT2D eigenvalue weighted by Crippen LogP contribution is -2.26. The van der Waals surface area contributed by atoms with E-state index < -0.39 is 5.78 Å². The fourth-order valence-corrected chi connectivity index (χ4v) is 3.43. The molecule has 0 aliphatic heterocycles. The molecule has 0 saturated carbocycles. The standard InChI is InChI=1S/C18H19ClN4O2S/c1-10(2)8-23-17(25)13-5-4-12(19)6-15(13)22-18(23)26-9-16(24)14(7-20)11(3)21/h4-6,10H,8-9,21H2,1-3H3/b14-11-. The first kappa shape index (κ1) is 20.0. The number of allylic oxidation sites excluding steroid dienone is 2. The molecule has 0 radical (unpaired) electrons. The Balaban J connectivity index is 2.47. The molecule has 1 heterocycles. The molecule has 2 rings (SSSR count). The van der Waals surface area contributed by atoms with Crippen LogP contribution < -0.4 is 11.3 Å². The zero-order valence-electron chi connectivity index (χ0n) is 14.7. The predicted octanol–water partition coefficient (Wildman–Crippen LogP) is 3.12. The monoisotopic (exact) mass is 390 g/mol. The van der Waals surface area contributed by atoms with Crippen molar-refractivity contribution in [1.82, 2.24) is 9.55 Å². The Morgan fingerprint density at radius 1 is 1.46 bits per heavy atom. The van der Waals surface area contributed by atoms with Gasteiger partial charge in [0.15, 0.2) is 10.9 Å². The Labute approximate surface area is 160 Å². The molecule has 0 aliphatic carbocycles. The third-order valence-electron chi connectivity index (χ3n) is 3.55. The van der Waals surface area contributed by atoms with Crippen LogP contribution in [0.5, 0.6) is 0 Å². The summed E-state index contributed by atoms with van der Waals surface area (Å²) in [6.45, 7) is 5.96. The summed E-state index contributed by atoms with van der Waals surface area (Å²) in [6, 6.07) is 6.74. The molecular weight excluding hydrogens is 372 g/mol. The van der Waals surface area contributed by atoms with Gasteiger partial charge in [0.2, 0.25) is 0 Å². The van der Waals surface area contributed by atoms with Crippen LogP contribution in [0.4, 0.5) is 0 Å². The van der Waals surface area contributed by atoms with E-state index in [1.807, 2.05) is 19.9 Å². The molecule has 1 aromatic carbocycles. The Morgan fingerprint density at radius 2 is 2.15 bits per heavy atom. The maximum absolute atomic E-state index is 12.8. The molecule has 2 aromatic rings. The van der Waals surface area contributed by atoms with Crippen molar-refractivity contribution in [2.24, 2.45) is 11.7 Å². The summed E-state index contributed by atoms with van der Waals surface area (Å²) in [5, 5.41) is 10.4. The number of carbonyl (C=O) groups is 1. The van der Waals surface area contributed by atoms with Crippen LogP contribution in [-0.4, -0.2) is 21.1 Å². The molecule has 0 amide bonds. The van der Waals surface area contributed by atoms with Crippen molar-refractivity contribution in [1.29, 1.82) is 5.26 Å². The summed E-state index contributed by atoms with van der Waals surface area (Å²) in [5.41, 5.74) is 5.97. The molecule has 8 heteroatoms. The largest absolute Gasteiger partial charge is 0.401 e. The summed E-state index contributed by atoms with van der Waals surface area (Å²) in [6.07, 6.45) is 0. The zero-order chi connectivity index (χ0) is 19.4. The molecule has 26 heavy (non-hydrogen) atoms. The van der Waals surface area contributed by atoms with Crippen LogP contribution in [0, 0.1) is 17.2 Å². The van der Waals surface area contributed by atoms with Crippen molar-refractivity contribution >= 4 is 40.0 Å². The van der Waals surface area contributed by atoms with Gasteiger partial charge < -0.3 is 5.73 Å². The van der Waals surface area contributed by atoms with E-state index in [1.54, 1.807) is 22.8 Å². The van der Waals surface area contributed by atoms with Crippen molar-refractivity contribution in [3.05, 3.63) is 44.8 Å². The molecule has 1 aromatic heterocycles. The second-order valence-electron chi connectivity index (χ2n) is 6.25. The van der Waals surface area contributed by atoms with Gasteiger partial charge in [-0.15, -0.1) is 0 Å². The first-order chi connectivity index (χ1) is 12.2. The summed E-state index contributed by atoms with van der Waals surface area (Å²) in [7, 11) is 0. The Bertz CT molecular complexity index is 985. The number of halogens is 1. The van der Waals surface area contributed by atoms with E-state index in [1.165, 1.54) is 6.92 Å². The molecule has 0 unspecified atom stereocenters. The second-order valence-corrected chi connectivity index (χ2v) is 7.63. The minimum Gasteiger partial charge on any atom is -0.401 e. The number of nitrogens with two attached hydrogens (primary N) is 1. The smallest absolute Gasteiger partial charge is 0.262 e. The highest BCUT2D eigenvalue weighted by Crippen LogP contribution is 2.22. The Morgan fingerprint density at radius 3 is 2.73 bits per heavy atom. The van der Waals surface area contributed by atoms with Crippen LogP contribution in [-0.2, 0) is 11.3 Å². The molecule has 2 N–H and O–H groups in total. The maximum Gasteiger partial charge on any atom is 0.262 e. The van der Waals surface area contributed by atoms with Crippen LogP contribution in [0.1, 0.15) is 20.8 Å². The molecule has 0 aliphatic rings. The number of benzene rings is 1. The average Bonchev–Trinajstić information content (AvgIpc) is 2.55. The van der Waals surface area contributed by atoms with Gasteiger partial charge in [-0.3, -0.25) is 14.2 Å². The van der Waals surface area contributed by atoms with E-state index in [0.29, 0.717) is 27.6 Å². The normalized spacial score (nSPS) is 12.2. The quantitative estimate of drug-likeness (QED) is 0.352. The molecule has 0 atom stereocenters. The number of rotatable bonds is 6. The fraction of sp³-hybridized carbons (Fsp3) is 0.333. The number of hydrogen-bond donors (Lipinski definition) is 1. The summed E-state index contributed by atoms with van der Waals surface area (Å²) in [5.74, 6) is -0.210. The van der Waals surface area contributed by atoms with E-state index in [-0.39, 0.29) is 28.5 Å². The number of fused-ring (bicyclic) bond motifs is 1. The molecule has 0 spiro atoms. The highest BCUT2D eigenvalue weighted by molar-refractivity contribution is 7.99. The number of Topliss-reactive ketones (excluding diaryl/α,β-unsaturated/α-hetero) is 1. The lowest BCUT2D eigenvalue weighted by Gasteiger charge is -2.14. The van der Waals surface area contributed by atoms with Gasteiger partial charge in [-0.2, -0.15) is 5.26 Å². The first-order valence-corrected chi connectivity index (χ1v) is 9.33. The fourth-order valence-electron chi connectivity index (χ4n) is 2.38. The average molecular weight is 391 g/mol. The lowest BCUT2D eigenvalue weighted by molar-refractivity contribution is -0.112. The highest BCUT2D eigenvalue weighted by Gasteiger charge is 2.17. The van der Waals surface area contributed by atoms with E-state index in [0.717, 1.165) is 11.8 Å². The van der Waals surface area contributed by atoms with Gasteiger partial charge >= 0.3 is 0 Å².